The number of β-amino-alcohol motifs (C(OH)–C–C–N with tert-alkyl or cyclic N) is 1. The number of aromatic nitrogens is 2. The van der Waals surface area contributed by atoms with Gasteiger partial charge in [0.15, 0.2) is 0 Å². The second-order valence-electron chi connectivity index (χ2n) is 6.83. The molecule has 1 atom stereocenters. The average Bonchev–Trinajstić information content (AvgIpc) is 3.01. The first-order valence-electron chi connectivity index (χ1n) is 8.26. The third-order valence-electron chi connectivity index (χ3n) is 4.72. The molecule has 0 unspecified atom stereocenters. The summed E-state index contributed by atoms with van der Waals surface area (Å²) in [6.45, 7) is 7.05. The fourth-order valence-corrected chi connectivity index (χ4v) is 3.01. The molecule has 2 aliphatic rings. The number of ether oxygens (including phenoxy) is 1. The molecule has 2 aliphatic heterocycles. The molecule has 1 aromatic heterocycles. The van der Waals surface area contributed by atoms with Crippen LogP contribution in [-0.4, -0.2) is 71.6 Å². The summed E-state index contributed by atoms with van der Waals surface area (Å²) in [6.07, 6.45) is 1.94. The highest BCUT2D eigenvalue weighted by atomic mass is 16.5. The molecule has 0 aliphatic carbocycles. The largest absolute Gasteiger partial charge is 0.481 e. The van der Waals surface area contributed by atoms with Gasteiger partial charge in [-0.2, -0.15) is 4.98 Å². The standard InChI is InChI=1S/C16H24N4O4/c1-16(2,14(22)23)12-9-17-15(20-4-3-11(21)10-20)18-13(12)19-5-7-24-8-6-19/h9,11,21H,3-8,10H2,1-2H3,(H,22,23)/t11-/m1/s1. The maximum Gasteiger partial charge on any atom is 0.313 e. The molecule has 0 spiro atoms. The summed E-state index contributed by atoms with van der Waals surface area (Å²) in [5.74, 6) is 0.278. The second-order valence-corrected chi connectivity index (χ2v) is 6.83. The van der Waals surface area contributed by atoms with Crippen molar-refractivity contribution in [2.75, 3.05) is 49.2 Å². The molecule has 0 aromatic carbocycles. The van der Waals surface area contributed by atoms with E-state index < -0.39 is 11.4 Å². The Labute approximate surface area is 141 Å². The van der Waals surface area contributed by atoms with E-state index in [1.807, 2.05) is 4.90 Å². The van der Waals surface area contributed by atoms with E-state index in [0.29, 0.717) is 63.1 Å². The van der Waals surface area contributed by atoms with E-state index in [9.17, 15) is 15.0 Å². The maximum absolute atomic E-state index is 11.7. The van der Waals surface area contributed by atoms with Gasteiger partial charge in [-0.3, -0.25) is 4.79 Å². The smallest absolute Gasteiger partial charge is 0.313 e. The summed E-state index contributed by atoms with van der Waals surface area (Å²) in [7, 11) is 0. The summed E-state index contributed by atoms with van der Waals surface area (Å²) < 4.78 is 5.39. The summed E-state index contributed by atoms with van der Waals surface area (Å²) in [5, 5.41) is 19.3. The third kappa shape index (κ3) is 3.16. The summed E-state index contributed by atoms with van der Waals surface area (Å²) in [4.78, 5) is 24.7. The number of carboxylic acid groups (broad SMARTS) is 1. The Hall–Kier alpha value is -1.93. The lowest BCUT2D eigenvalue weighted by molar-refractivity contribution is -0.142. The van der Waals surface area contributed by atoms with Crippen molar-refractivity contribution in [1.29, 1.82) is 0 Å². The fourth-order valence-electron chi connectivity index (χ4n) is 3.01. The quantitative estimate of drug-likeness (QED) is 0.807. The number of hydrogen-bond donors (Lipinski definition) is 2. The van der Waals surface area contributed by atoms with Crippen LogP contribution in [0.2, 0.25) is 0 Å². The average molecular weight is 336 g/mol. The summed E-state index contributed by atoms with van der Waals surface area (Å²) in [5.41, 5.74) is -0.489. The molecule has 2 N–H and O–H groups in total. The molecule has 8 heteroatoms. The summed E-state index contributed by atoms with van der Waals surface area (Å²) in [6, 6.07) is 0. The Kier molecular flexibility index (Phi) is 4.60. The number of aliphatic hydroxyl groups is 1. The number of nitrogens with zero attached hydrogens (tertiary/aromatic N) is 4. The highest BCUT2D eigenvalue weighted by Gasteiger charge is 2.36. The first kappa shape index (κ1) is 16.9. The normalized spacial score (nSPS) is 22.0. The molecule has 1 aromatic rings. The van der Waals surface area contributed by atoms with Crippen molar-refractivity contribution < 1.29 is 19.7 Å². The lowest BCUT2D eigenvalue weighted by Crippen LogP contribution is -2.40. The van der Waals surface area contributed by atoms with Crippen LogP contribution in [0, 0.1) is 0 Å². The van der Waals surface area contributed by atoms with Crippen LogP contribution in [0.3, 0.4) is 0 Å². The number of rotatable bonds is 4. The molecule has 0 amide bonds. The van der Waals surface area contributed by atoms with E-state index in [2.05, 4.69) is 14.9 Å². The lowest BCUT2D eigenvalue weighted by atomic mass is 9.85. The van der Waals surface area contributed by atoms with Crippen molar-refractivity contribution >= 4 is 17.7 Å². The Morgan fingerprint density at radius 3 is 2.58 bits per heavy atom. The van der Waals surface area contributed by atoms with Gasteiger partial charge in [0.05, 0.1) is 24.7 Å². The van der Waals surface area contributed by atoms with Crippen molar-refractivity contribution in [2.45, 2.75) is 31.8 Å². The van der Waals surface area contributed by atoms with Crippen LogP contribution in [0.25, 0.3) is 0 Å². The van der Waals surface area contributed by atoms with Crippen LogP contribution in [-0.2, 0) is 14.9 Å². The zero-order valence-electron chi connectivity index (χ0n) is 14.1. The van der Waals surface area contributed by atoms with E-state index in [1.165, 1.54) is 0 Å². The van der Waals surface area contributed by atoms with Gasteiger partial charge in [0, 0.05) is 37.9 Å². The van der Waals surface area contributed by atoms with Crippen LogP contribution < -0.4 is 9.80 Å². The van der Waals surface area contributed by atoms with Crippen LogP contribution in [0.4, 0.5) is 11.8 Å². The highest BCUT2D eigenvalue weighted by molar-refractivity contribution is 5.82. The SMILES string of the molecule is CC(C)(C(=O)O)c1cnc(N2CC[C@@H](O)C2)nc1N1CCOCC1. The van der Waals surface area contributed by atoms with Gasteiger partial charge in [-0.1, -0.05) is 0 Å². The van der Waals surface area contributed by atoms with Crippen molar-refractivity contribution in [3.05, 3.63) is 11.8 Å². The van der Waals surface area contributed by atoms with Gasteiger partial charge >= 0.3 is 5.97 Å². The summed E-state index contributed by atoms with van der Waals surface area (Å²) >= 11 is 0. The number of aliphatic hydroxyl groups excluding tert-OH is 1. The van der Waals surface area contributed by atoms with E-state index in [4.69, 9.17) is 4.74 Å². The van der Waals surface area contributed by atoms with Crippen molar-refractivity contribution in [2.24, 2.45) is 0 Å². The lowest BCUT2D eigenvalue weighted by Gasteiger charge is -2.33. The van der Waals surface area contributed by atoms with Gasteiger partial charge in [-0.25, -0.2) is 4.98 Å². The second kappa shape index (κ2) is 6.52. The molecular weight excluding hydrogens is 312 g/mol. The molecule has 24 heavy (non-hydrogen) atoms. The molecule has 132 valence electrons. The Morgan fingerprint density at radius 2 is 2.00 bits per heavy atom. The highest BCUT2D eigenvalue weighted by Crippen LogP contribution is 2.33. The van der Waals surface area contributed by atoms with Gasteiger partial charge < -0.3 is 24.7 Å². The number of carboxylic acids is 1. The van der Waals surface area contributed by atoms with E-state index in [-0.39, 0.29) is 6.10 Å². The molecule has 3 heterocycles. The number of aliphatic carboxylic acids is 1. The fraction of sp³-hybridized carbons (Fsp3) is 0.688. The van der Waals surface area contributed by atoms with Gasteiger partial charge in [-0.15, -0.1) is 0 Å². The van der Waals surface area contributed by atoms with E-state index >= 15 is 0 Å². The van der Waals surface area contributed by atoms with E-state index in [1.54, 1.807) is 20.0 Å². The maximum atomic E-state index is 11.7. The van der Waals surface area contributed by atoms with Crippen LogP contribution >= 0.6 is 0 Å². The van der Waals surface area contributed by atoms with Crippen molar-refractivity contribution in [1.82, 2.24) is 9.97 Å². The minimum atomic E-state index is -1.09. The van der Waals surface area contributed by atoms with Crippen LogP contribution in [0.1, 0.15) is 25.8 Å². The molecule has 2 saturated heterocycles. The van der Waals surface area contributed by atoms with Crippen LogP contribution in [0.5, 0.6) is 0 Å². The first-order chi connectivity index (χ1) is 11.4. The Balaban J connectivity index is 2.00. The number of morpholine rings is 1. The predicted octanol–water partition coefficient (Wildman–Crippen LogP) is 0.246. The zero-order chi connectivity index (χ0) is 17.3. The number of anilines is 2. The molecular formula is C16H24N4O4. The molecule has 0 bridgehead atoms. The van der Waals surface area contributed by atoms with Gasteiger partial charge in [0.2, 0.25) is 5.95 Å². The molecule has 8 nitrogen and oxygen atoms in total. The third-order valence-corrected chi connectivity index (χ3v) is 4.72. The number of hydrogen-bond acceptors (Lipinski definition) is 7. The predicted molar refractivity (Wildman–Crippen MR) is 88.6 cm³/mol. The van der Waals surface area contributed by atoms with Crippen molar-refractivity contribution in [3.63, 3.8) is 0 Å². The van der Waals surface area contributed by atoms with Gasteiger partial charge in [0.25, 0.3) is 0 Å². The van der Waals surface area contributed by atoms with Crippen LogP contribution in [0.15, 0.2) is 6.20 Å². The van der Waals surface area contributed by atoms with Gasteiger partial charge in [0.1, 0.15) is 5.82 Å². The zero-order valence-corrected chi connectivity index (χ0v) is 14.1. The van der Waals surface area contributed by atoms with E-state index in [0.717, 1.165) is 0 Å². The first-order valence-corrected chi connectivity index (χ1v) is 8.26. The molecule has 0 saturated carbocycles. The molecule has 3 rings (SSSR count). The minimum Gasteiger partial charge on any atom is -0.481 e. The molecule has 2 fully saturated rings. The minimum absolute atomic E-state index is 0.365. The number of carbonyl (C=O) groups is 1. The van der Waals surface area contributed by atoms with Gasteiger partial charge in [-0.05, 0) is 20.3 Å². The Morgan fingerprint density at radius 1 is 1.29 bits per heavy atom. The van der Waals surface area contributed by atoms with Crippen molar-refractivity contribution in [3.8, 4) is 0 Å². The Bertz CT molecular complexity index is 616. The monoisotopic (exact) mass is 336 g/mol. The topological polar surface area (TPSA) is 99.0 Å². The molecule has 0 radical (unpaired) electrons.